The Labute approximate surface area is 190 Å². The lowest BCUT2D eigenvalue weighted by atomic mass is 10.1. The molecule has 0 aliphatic carbocycles. The van der Waals surface area contributed by atoms with Crippen LogP contribution in [0.5, 0.6) is 0 Å². The lowest BCUT2D eigenvalue weighted by molar-refractivity contribution is 0.0823. The molecule has 0 saturated carbocycles. The lowest BCUT2D eigenvalue weighted by Crippen LogP contribution is -2.40. The van der Waals surface area contributed by atoms with E-state index < -0.39 is 0 Å². The van der Waals surface area contributed by atoms with Gasteiger partial charge in [-0.05, 0) is 69.2 Å². The van der Waals surface area contributed by atoms with Crippen molar-refractivity contribution < 1.29 is 9.50 Å². The highest BCUT2D eigenvalue weighted by molar-refractivity contribution is 14.0. The van der Waals surface area contributed by atoms with Crippen molar-refractivity contribution in [3.8, 4) is 0 Å². The monoisotopic (exact) mass is 524 g/mol. The van der Waals surface area contributed by atoms with E-state index in [1.165, 1.54) is 12.1 Å². The normalized spacial score (nSPS) is 15.9. The minimum absolute atomic E-state index is 0. The topological polar surface area (TPSA) is 59.9 Å². The van der Waals surface area contributed by atoms with Gasteiger partial charge in [-0.3, -0.25) is 4.99 Å². The Kier molecular flexibility index (Phi) is 13.9. The van der Waals surface area contributed by atoms with E-state index >= 15 is 0 Å². The summed E-state index contributed by atoms with van der Waals surface area (Å²) >= 11 is 1.73. The molecule has 28 heavy (non-hydrogen) atoms. The number of aliphatic hydroxyl groups excluding tert-OH is 1. The second-order valence-corrected chi connectivity index (χ2v) is 7.94. The van der Waals surface area contributed by atoms with Gasteiger partial charge in [0, 0.05) is 37.6 Å². The lowest BCUT2D eigenvalue weighted by Gasteiger charge is -2.29. The number of hydrogen-bond acceptors (Lipinski definition) is 4. The van der Waals surface area contributed by atoms with Crippen LogP contribution in [0.4, 0.5) is 4.39 Å². The molecule has 1 aromatic carbocycles. The second-order valence-electron chi connectivity index (χ2n) is 6.77. The molecule has 1 heterocycles. The summed E-state index contributed by atoms with van der Waals surface area (Å²) in [7, 11) is 0. The molecule has 0 unspecified atom stereocenters. The molecule has 0 atom stereocenters. The number of likely N-dealkylation sites (tertiary alicyclic amines) is 1. The largest absolute Gasteiger partial charge is 0.393 e. The van der Waals surface area contributed by atoms with Crippen LogP contribution in [-0.2, 0) is 0 Å². The average molecular weight is 524 g/mol. The quantitative estimate of drug-likeness (QED) is 0.144. The molecule has 160 valence electrons. The number of hydrogen-bond donors (Lipinski definition) is 3. The minimum atomic E-state index is -0.191. The second kappa shape index (κ2) is 15.3. The van der Waals surface area contributed by atoms with E-state index in [1.807, 2.05) is 12.1 Å². The Hall–Kier alpha value is -0.580. The molecule has 0 bridgehead atoms. The molecule has 0 spiro atoms. The molecule has 1 aliphatic rings. The number of rotatable bonds is 10. The van der Waals surface area contributed by atoms with E-state index in [0.717, 1.165) is 81.6 Å². The van der Waals surface area contributed by atoms with Crippen molar-refractivity contribution in [2.24, 2.45) is 4.99 Å². The summed E-state index contributed by atoms with van der Waals surface area (Å²) in [5, 5.41) is 16.2. The van der Waals surface area contributed by atoms with Crippen molar-refractivity contribution in [3.05, 3.63) is 30.1 Å². The zero-order chi connectivity index (χ0) is 19.3. The van der Waals surface area contributed by atoms with Crippen molar-refractivity contribution in [3.63, 3.8) is 0 Å². The maximum Gasteiger partial charge on any atom is 0.191 e. The maximum atomic E-state index is 12.9. The summed E-state index contributed by atoms with van der Waals surface area (Å²) in [5.41, 5.74) is 0. The summed E-state index contributed by atoms with van der Waals surface area (Å²) in [6, 6.07) is 6.63. The van der Waals surface area contributed by atoms with Gasteiger partial charge in [0.2, 0.25) is 0 Å². The van der Waals surface area contributed by atoms with Crippen LogP contribution in [0.3, 0.4) is 0 Å². The van der Waals surface area contributed by atoms with Crippen LogP contribution in [0.1, 0.15) is 32.6 Å². The van der Waals surface area contributed by atoms with Crippen molar-refractivity contribution >= 4 is 41.7 Å². The molecule has 8 heteroatoms. The third kappa shape index (κ3) is 10.8. The van der Waals surface area contributed by atoms with Crippen LogP contribution in [0, 0.1) is 5.82 Å². The van der Waals surface area contributed by atoms with E-state index in [0.29, 0.717) is 0 Å². The first-order valence-electron chi connectivity index (χ1n) is 9.98. The molecule has 0 amide bonds. The number of halogens is 2. The van der Waals surface area contributed by atoms with Crippen molar-refractivity contribution in [2.75, 3.05) is 45.0 Å². The van der Waals surface area contributed by atoms with Crippen LogP contribution in [0.2, 0.25) is 0 Å². The van der Waals surface area contributed by atoms with Gasteiger partial charge in [-0.25, -0.2) is 4.39 Å². The number of benzene rings is 1. The van der Waals surface area contributed by atoms with Gasteiger partial charge in [0.05, 0.1) is 6.10 Å². The Bertz CT molecular complexity index is 554. The maximum absolute atomic E-state index is 12.9. The van der Waals surface area contributed by atoms with E-state index in [1.54, 1.807) is 11.8 Å². The van der Waals surface area contributed by atoms with Crippen LogP contribution < -0.4 is 10.6 Å². The molecule has 1 aliphatic heterocycles. The Morgan fingerprint density at radius 3 is 2.61 bits per heavy atom. The summed E-state index contributed by atoms with van der Waals surface area (Å²) in [6.07, 6.45) is 3.74. The molecule has 5 nitrogen and oxygen atoms in total. The van der Waals surface area contributed by atoms with E-state index in [9.17, 15) is 9.50 Å². The Balaban J connectivity index is 0.00000392. The van der Waals surface area contributed by atoms with Gasteiger partial charge in [-0.2, -0.15) is 0 Å². The van der Waals surface area contributed by atoms with Crippen molar-refractivity contribution in [2.45, 2.75) is 43.6 Å². The number of guanidine groups is 1. The fourth-order valence-corrected chi connectivity index (χ4v) is 3.81. The van der Waals surface area contributed by atoms with Crippen molar-refractivity contribution in [1.82, 2.24) is 15.5 Å². The molecule has 3 N–H and O–H groups in total. The van der Waals surface area contributed by atoms with Gasteiger partial charge in [0.15, 0.2) is 5.96 Å². The summed E-state index contributed by atoms with van der Waals surface area (Å²) in [5.74, 6) is 1.65. The number of piperidine rings is 1. The first kappa shape index (κ1) is 25.5. The van der Waals surface area contributed by atoms with Gasteiger partial charge >= 0.3 is 0 Å². The number of aliphatic imine (C=N–C) groups is 1. The predicted molar refractivity (Wildman–Crippen MR) is 127 cm³/mol. The van der Waals surface area contributed by atoms with Crippen LogP contribution in [0.25, 0.3) is 0 Å². The number of aliphatic hydroxyl groups is 1. The third-order valence-electron chi connectivity index (χ3n) is 4.50. The van der Waals surface area contributed by atoms with Gasteiger partial charge < -0.3 is 20.6 Å². The fourth-order valence-electron chi connectivity index (χ4n) is 2.97. The van der Waals surface area contributed by atoms with E-state index in [2.05, 4.69) is 27.4 Å². The zero-order valence-corrected chi connectivity index (χ0v) is 19.8. The molecule has 0 aromatic heterocycles. The number of nitrogens with one attached hydrogen (secondary N) is 2. The van der Waals surface area contributed by atoms with E-state index in [4.69, 9.17) is 0 Å². The van der Waals surface area contributed by atoms with Gasteiger partial charge in [0.25, 0.3) is 0 Å². The highest BCUT2D eigenvalue weighted by atomic mass is 127. The molecule has 2 rings (SSSR count). The minimum Gasteiger partial charge on any atom is -0.393 e. The first-order chi connectivity index (χ1) is 13.2. The summed E-state index contributed by atoms with van der Waals surface area (Å²) in [6.45, 7) is 7.65. The molecule has 1 fully saturated rings. The predicted octanol–water partition coefficient (Wildman–Crippen LogP) is 3.33. The molecular weight excluding hydrogens is 490 g/mol. The molecule has 1 saturated heterocycles. The fraction of sp³-hybridized carbons (Fsp3) is 0.650. The van der Waals surface area contributed by atoms with Crippen LogP contribution in [0.15, 0.2) is 34.2 Å². The molecule has 1 aromatic rings. The summed E-state index contributed by atoms with van der Waals surface area (Å²) in [4.78, 5) is 8.14. The van der Waals surface area contributed by atoms with Crippen molar-refractivity contribution in [1.29, 1.82) is 0 Å². The van der Waals surface area contributed by atoms with E-state index in [-0.39, 0.29) is 35.9 Å². The average Bonchev–Trinajstić information content (AvgIpc) is 2.67. The first-order valence-corrected chi connectivity index (χ1v) is 11.0. The van der Waals surface area contributed by atoms with Gasteiger partial charge in [-0.1, -0.05) is 0 Å². The summed E-state index contributed by atoms with van der Waals surface area (Å²) < 4.78 is 12.9. The smallest absolute Gasteiger partial charge is 0.191 e. The molecular formula is C20H34FIN4OS. The number of nitrogens with zero attached hydrogens (tertiary/aromatic N) is 2. The third-order valence-corrected chi connectivity index (χ3v) is 5.60. The van der Waals surface area contributed by atoms with Crippen LogP contribution >= 0.6 is 35.7 Å². The zero-order valence-electron chi connectivity index (χ0n) is 16.7. The van der Waals surface area contributed by atoms with Crippen LogP contribution in [-0.4, -0.2) is 67.1 Å². The SMILES string of the molecule is CCNC(=NCCCSc1ccc(F)cc1)NCCCN1CCC(O)CC1.I. The standard InChI is InChI=1S/C20H33FN4OS.HI/c1-2-22-20(23-11-3-13-25-14-9-18(26)10-15-25)24-12-4-16-27-19-7-5-17(21)6-8-19;/h5-8,18,26H,2-4,9-16H2,1H3,(H2,22,23,24);1H. The molecule has 0 radical (unpaired) electrons. The Morgan fingerprint density at radius 2 is 1.93 bits per heavy atom. The highest BCUT2D eigenvalue weighted by Gasteiger charge is 2.15. The number of thioether (sulfide) groups is 1. The van der Waals surface area contributed by atoms with Gasteiger partial charge in [0.1, 0.15) is 5.82 Å². The Morgan fingerprint density at radius 1 is 1.21 bits per heavy atom. The van der Waals surface area contributed by atoms with Gasteiger partial charge in [-0.15, -0.1) is 35.7 Å². The highest BCUT2D eigenvalue weighted by Crippen LogP contribution is 2.18.